The van der Waals surface area contributed by atoms with Gasteiger partial charge in [-0.05, 0) is 36.8 Å². The highest BCUT2D eigenvalue weighted by molar-refractivity contribution is 7.99. The van der Waals surface area contributed by atoms with Gasteiger partial charge in [-0.2, -0.15) is 0 Å². The number of amides is 1. The lowest BCUT2D eigenvalue weighted by molar-refractivity contribution is -0.119. The summed E-state index contributed by atoms with van der Waals surface area (Å²) in [5.74, 6) is 1.71. The minimum atomic E-state index is 0.0554. The summed E-state index contributed by atoms with van der Waals surface area (Å²) in [6.07, 6.45) is 0.931. The molecule has 2 aromatic carbocycles. The van der Waals surface area contributed by atoms with Crippen molar-refractivity contribution in [2.45, 2.75) is 17.9 Å². The minimum absolute atomic E-state index is 0.0554. The summed E-state index contributed by atoms with van der Waals surface area (Å²) >= 11 is 1.76. The molecule has 3 nitrogen and oxygen atoms in total. The first-order valence-electron chi connectivity index (χ1n) is 7.27. The van der Waals surface area contributed by atoms with Gasteiger partial charge in [-0.1, -0.05) is 30.3 Å². The number of rotatable bonds is 8. The standard InChI is InChI=1S/C18H21NO2S/c1-15(16-8-10-17(21-2)11-9-16)19(14-20)12-13-22-18-6-4-3-5-7-18/h3-11,14-15H,12-13H2,1-2H3/t15-/m1/s1. The number of methoxy groups -OCH3 is 1. The van der Waals surface area contributed by atoms with Crippen molar-refractivity contribution in [3.05, 3.63) is 60.2 Å². The van der Waals surface area contributed by atoms with Crippen LogP contribution in [0.1, 0.15) is 18.5 Å². The molecular weight excluding hydrogens is 294 g/mol. The fourth-order valence-corrected chi connectivity index (χ4v) is 3.08. The van der Waals surface area contributed by atoms with Crippen LogP contribution in [0.2, 0.25) is 0 Å². The van der Waals surface area contributed by atoms with E-state index in [1.807, 2.05) is 54.3 Å². The molecule has 0 saturated carbocycles. The quantitative estimate of drug-likeness (QED) is 0.544. The molecule has 0 spiro atoms. The Morgan fingerprint density at radius 2 is 1.82 bits per heavy atom. The van der Waals surface area contributed by atoms with E-state index in [1.54, 1.807) is 18.9 Å². The monoisotopic (exact) mass is 315 g/mol. The van der Waals surface area contributed by atoms with Crippen LogP contribution in [-0.4, -0.2) is 30.7 Å². The highest BCUT2D eigenvalue weighted by Gasteiger charge is 2.13. The van der Waals surface area contributed by atoms with Gasteiger partial charge in [0.25, 0.3) is 0 Å². The molecule has 1 amide bonds. The highest BCUT2D eigenvalue weighted by atomic mass is 32.2. The van der Waals surface area contributed by atoms with E-state index in [9.17, 15) is 4.79 Å². The number of benzene rings is 2. The van der Waals surface area contributed by atoms with Crippen molar-refractivity contribution in [3.63, 3.8) is 0 Å². The van der Waals surface area contributed by atoms with E-state index in [1.165, 1.54) is 4.90 Å². The maximum atomic E-state index is 11.4. The molecule has 0 N–H and O–H groups in total. The number of thioether (sulfide) groups is 1. The molecule has 0 unspecified atom stereocenters. The number of carbonyl (C=O) groups excluding carboxylic acids is 1. The Morgan fingerprint density at radius 3 is 2.41 bits per heavy atom. The molecule has 4 heteroatoms. The van der Waals surface area contributed by atoms with Crippen LogP contribution in [0.5, 0.6) is 5.75 Å². The van der Waals surface area contributed by atoms with Crippen molar-refractivity contribution >= 4 is 18.2 Å². The fraction of sp³-hybridized carbons (Fsp3) is 0.278. The molecule has 2 rings (SSSR count). The summed E-state index contributed by atoms with van der Waals surface area (Å²) in [6.45, 7) is 2.76. The van der Waals surface area contributed by atoms with Crippen molar-refractivity contribution in [3.8, 4) is 5.75 Å². The van der Waals surface area contributed by atoms with Gasteiger partial charge in [0.2, 0.25) is 6.41 Å². The normalized spacial score (nSPS) is 11.7. The molecule has 0 heterocycles. The first-order valence-corrected chi connectivity index (χ1v) is 8.26. The van der Waals surface area contributed by atoms with Crippen molar-refractivity contribution in [1.82, 2.24) is 4.90 Å². The largest absolute Gasteiger partial charge is 0.497 e. The lowest BCUT2D eigenvalue weighted by atomic mass is 10.1. The Balaban J connectivity index is 1.90. The molecule has 116 valence electrons. The molecular formula is C18H21NO2S. The summed E-state index contributed by atoms with van der Waals surface area (Å²) in [5, 5.41) is 0. The summed E-state index contributed by atoms with van der Waals surface area (Å²) in [6, 6.07) is 18.1. The van der Waals surface area contributed by atoms with Crippen LogP contribution in [0.3, 0.4) is 0 Å². The molecule has 1 atom stereocenters. The first-order chi connectivity index (χ1) is 10.7. The zero-order valence-electron chi connectivity index (χ0n) is 12.9. The molecule has 22 heavy (non-hydrogen) atoms. The van der Waals surface area contributed by atoms with Crippen LogP contribution in [0, 0.1) is 0 Å². The first kappa shape index (κ1) is 16.4. The van der Waals surface area contributed by atoms with Gasteiger partial charge in [0.15, 0.2) is 0 Å². The minimum Gasteiger partial charge on any atom is -0.497 e. The molecule has 0 aliphatic carbocycles. The van der Waals surface area contributed by atoms with Crippen LogP contribution < -0.4 is 4.74 Å². The molecule has 0 fully saturated rings. The average molecular weight is 315 g/mol. The fourth-order valence-electron chi connectivity index (χ4n) is 2.20. The van der Waals surface area contributed by atoms with E-state index < -0.39 is 0 Å². The predicted octanol–water partition coefficient (Wildman–Crippen LogP) is 4.01. The van der Waals surface area contributed by atoms with E-state index in [0.29, 0.717) is 0 Å². The Kier molecular flexibility index (Phi) is 6.34. The second kappa shape index (κ2) is 8.49. The van der Waals surface area contributed by atoms with Gasteiger partial charge < -0.3 is 9.64 Å². The van der Waals surface area contributed by atoms with Crippen LogP contribution in [-0.2, 0) is 4.79 Å². The molecule has 0 aliphatic rings. The Morgan fingerprint density at radius 1 is 1.14 bits per heavy atom. The van der Waals surface area contributed by atoms with Crippen molar-refractivity contribution in [2.24, 2.45) is 0 Å². The topological polar surface area (TPSA) is 29.5 Å². The summed E-state index contributed by atoms with van der Waals surface area (Å²) in [5.41, 5.74) is 1.11. The van der Waals surface area contributed by atoms with Gasteiger partial charge in [-0.15, -0.1) is 11.8 Å². The molecule has 0 bridgehead atoms. The van der Waals surface area contributed by atoms with Crippen molar-refractivity contribution in [1.29, 1.82) is 0 Å². The number of hydrogen-bond donors (Lipinski definition) is 0. The van der Waals surface area contributed by atoms with E-state index in [2.05, 4.69) is 12.1 Å². The van der Waals surface area contributed by atoms with Crippen LogP contribution >= 0.6 is 11.8 Å². The number of carbonyl (C=O) groups is 1. The van der Waals surface area contributed by atoms with Gasteiger partial charge in [0, 0.05) is 17.2 Å². The lowest BCUT2D eigenvalue weighted by Crippen LogP contribution is -2.27. The highest BCUT2D eigenvalue weighted by Crippen LogP contribution is 2.23. The third-order valence-electron chi connectivity index (χ3n) is 3.59. The summed E-state index contributed by atoms with van der Waals surface area (Å²) < 4.78 is 5.16. The van der Waals surface area contributed by atoms with Gasteiger partial charge in [-0.25, -0.2) is 0 Å². The third-order valence-corrected chi connectivity index (χ3v) is 4.58. The van der Waals surface area contributed by atoms with Gasteiger partial charge in [0.1, 0.15) is 5.75 Å². The Bertz CT molecular complexity index is 571. The van der Waals surface area contributed by atoms with Crippen LogP contribution in [0.15, 0.2) is 59.5 Å². The van der Waals surface area contributed by atoms with Crippen LogP contribution in [0.25, 0.3) is 0 Å². The van der Waals surface area contributed by atoms with Gasteiger partial charge in [-0.3, -0.25) is 4.79 Å². The number of nitrogens with zero attached hydrogens (tertiary/aromatic N) is 1. The molecule has 0 saturated heterocycles. The second-order valence-electron chi connectivity index (χ2n) is 4.95. The zero-order chi connectivity index (χ0) is 15.8. The number of ether oxygens (including phenoxy) is 1. The predicted molar refractivity (Wildman–Crippen MR) is 91.3 cm³/mol. The maximum absolute atomic E-state index is 11.4. The zero-order valence-corrected chi connectivity index (χ0v) is 13.8. The number of hydrogen-bond acceptors (Lipinski definition) is 3. The average Bonchev–Trinajstić information content (AvgIpc) is 2.59. The van der Waals surface area contributed by atoms with E-state index in [0.717, 1.165) is 30.0 Å². The van der Waals surface area contributed by atoms with Crippen molar-refractivity contribution < 1.29 is 9.53 Å². The second-order valence-corrected chi connectivity index (χ2v) is 6.12. The molecule has 0 aliphatic heterocycles. The smallest absolute Gasteiger partial charge is 0.210 e. The maximum Gasteiger partial charge on any atom is 0.210 e. The van der Waals surface area contributed by atoms with Crippen LogP contribution in [0.4, 0.5) is 0 Å². The Hall–Kier alpha value is -1.94. The van der Waals surface area contributed by atoms with Gasteiger partial charge in [0.05, 0.1) is 13.2 Å². The lowest BCUT2D eigenvalue weighted by Gasteiger charge is -2.25. The summed E-state index contributed by atoms with van der Waals surface area (Å²) in [7, 11) is 1.65. The molecule has 2 aromatic rings. The van der Waals surface area contributed by atoms with E-state index >= 15 is 0 Å². The van der Waals surface area contributed by atoms with Crippen molar-refractivity contribution in [2.75, 3.05) is 19.4 Å². The molecule has 0 radical (unpaired) electrons. The SMILES string of the molecule is COc1ccc([C@@H](C)N(C=O)CCSc2ccccc2)cc1. The molecule has 0 aromatic heterocycles. The van der Waals surface area contributed by atoms with E-state index in [-0.39, 0.29) is 6.04 Å². The summed E-state index contributed by atoms with van der Waals surface area (Å²) in [4.78, 5) is 14.4. The van der Waals surface area contributed by atoms with Gasteiger partial charge >= 0.3 is 0 Å². The van der Waals surface area contributed by atoms with E-state index in [4.69, 9.17) is 4.74 Å². The Labute approximate surface area is 136 Å². The third kappa shape index (κ3) is 4.53.